The third kappa shape index (κ3) is 9.24. The van der Waals surface area contributed by atoms with Crippen molar-refractivity contribution in [1.29, 1.82) is 0 Å². The molecule has 6 rings (SSSR count). The number of amides is 7. The van der Waals surface area contributed by atoms with Crippen molar-refractivity contribution in [2.24, 2.45) is 5.92 Å². The van der Waals surface area contributed by atoms with E-state index in [4.69, 9.17) is 4.74 Å². The first kappa shape index (κ1) is 39.2. The lowest BCUT2D eigenvalue weighted by molar-refractivity contribution is -0.158. The third-order valence-electron chi connectivity index (χ3n) is 10.7. The molecule has 16 nitrogen and oxygen atoms in total. The van der Waals surface area contributed by atoms with Gasteiger partial charge in [-0.3, -0.25) is 24.0 Å². The molecule has 7 amide bonds. The van der Waals surface area contributed by atoms with Gasteiger partial charge in [-0.05, 0) is 56.2 Å². The van der Waals surface area contributed by atoms with Crippen LogP contribution in [0.5, 0.6) is 0 Å². The van der Waals surface area contributed by atoms with Gasteiger partial charge in [0.05, 0.1) is 6.10 Å². The van der Waals surface area contributed by atoms with Gasteiger partial charge in [0.25, 0.3) is 0 Å². The molecule has 0 radical (unpaired) electrons. The molecule has 2 aromatic carbocycles. The van der Waals surface area contributed by atoms with Crippen LogP contribution in [0, 0.1) is 5.92 Å². The summed E-state index contributed by atoms with van der Waals surface area (Å²) < 4.78 is 5.70. The van der Waals surface area contributed by atoms with Gasteiger partial charge in [-0.1, -0.05) is 55.5 Å². The molecular weight excluding hydrogens is 710 g/mol. The van der Waals surface area contributed by atoms with Crippen LogP contribution in [0.25, 0.3) is 0 Å². The van der Waals surface area contributed by atoms with E-state index in [0.717, 1.165) is 0 Å². The topological polar surface area (TPSA) is 207 Å². The van der Waals surface area contributed by atoms with Crippen LogP contribution in [0.2, 0.25) is 0 Å². The van der Waals surface area contributed by atoms with E-state index in [1.807, 2.05) is 6.92 Å². The Balaban J connectivity index is 1.31. The van der Waals surface area contributed by atoms with E-state index in [1.54, 1.807) is 60.7 Å². The van der Waals surface area contributed by atoms with E-state index < -0.39 is 90.5 Å². The Hall–Kier alpha value is -5.51. The van der Waals surface area contributed by atoms with Crippen molar-refractivity contribution in [2.45, 2.75) is 94.7 Å². The molecule has 0 spiro atoms. The summed E-state index contributed by atoms with van der Waals surface area (Å²) in [6, 6.07) is 10.00. The van der Waals surface area contributed by atoms with Gasteiger partial charge in [0.1, 0.15) is 42.9 Å². The summed E-state index contributed by atoms with van der Waals surface area (Å²) in [7, 11) is 0. The first-order valence-corrected chi connectivity index (χ1v) is 18.9. The van der Waals surface area contributed by atoms with Crippen LogP contribution in [-0.4, -0.2) is 130 Å². The number of hydrogen-bond donors (Lipinski definition) is 5. The number of ether oxygens (including phenoxy) is 1. The highest BCUT2D eigenvalue weighted by molar-refractivity contribution is 5.98. The molecule has 8 atom stereocenters. The number of para-hydroxylation sites is 1. The molecule has 2 aromatic rings. The molecule has 4 saturated heterocycles. The zero-order valence-electron chi connectivity index (χ0n) is 31.0. The number of anilines is 1. The molecule has 4 fully saturated rings. The molecule has 1 unspecified atom stereocenters. The van der Waals surface area contributed by atoms with Gasteiger partial charge in [0, 0.05) is 38.2 Å². The van der Waals surface area contributed by atoms with Crippen LogP contribution >= 0.6 is 0 Å². The van der Waals surface area contributed by atoms with Crippen LogP contribution < -0.4 is 21.3 Å². The van der Waals surface area contributed by atoms with Crippen molar-refractivity contribution in [3.8, 4) is 0 Å². The largest absolute Gasteiger partial charge is 0.461 e. The second-order valence-electron chi connectivity index (χ2n) is 14.9. The zero-order valence-corrected chi connectivity index (χ0v) is 31.0. The number of rotatable bonds is 6. The van der Waals surface area contributed by atoms with Gasteiger partial charge in [0.2, 0.25) is 29.5 Å². The molecule has 0 bridgehead atoms. The number of nitrogens with one attached hydrogen (secondary N) is 4. The maximum Gasteiger partial charge on any atom is 0.328 e. The molecule has 5 N–H and O–H groups in total. The van der Waals surface area contributed by atoms with Gasteiger partial charge in [-0.25, -0.2) is 9.59 Å². The highest BCUT2D eigenvalue weighted by atomic mass is 16.5. The van der Waals surface area contributed by atoms with Crippen molar-refractivity contribution in [2.75, 3.05) is 31.6 Å². The molecule has 0 aliphatic carbocycles. The van der Waals surface area contributed by atoms with Crippen LogP contribution in [0.15, 0.2) is 60.7 Å². The number of urea groups is 1. The maximum atomic E-state index is 14.5. The Morgan fingerprint density at radius 1 is 0.836 bits per heavy atom. The van der Waals surface area contributed by atoms with Crippen molar-refractivity contribution >= 4 is 47.2 Å². The summed E-state index contributed by atoms with van der Waals surface area (Å²) in [6.07, 6.45) is 0.724. The average molecular weight is 760 g/mol. The number of carbonyl (C=O) groups is 7. The summed E-state index contributed by atoms with van der Waals surface area (Å²) in [5.74, 6) is -4.01. The highest BCUT2D eigenvalue weighted by Crippen LogP contribution is 2.28. The van der Waals surface area contributed by atoms with Crippen molar-refractivity contribution in [3.05, 3.63) is 66.2 Å². The third-order valence-corrected chi connectivity index (χ3v) is 10.7. The first-order chi connectivity index (χ1) is 26.4. The summed E-state index contributed by atoms with van der Waals surface area (Å²) in [4.78, 5) is 101. The van der Waals surface area contributed by atoms with E-state index in [2.05, 4.69) is 21.3 Å². The average Bonchev–Trinajstić information content (AvgIpc) is 3.77. The quantitative estimate of drug-likeness (QED) is 0.261. The number of benzene rings is 2. The Bertz CT molecular complexity index is 1760. The second kappa shape index (κ2) is 17.3. The smallest absolute Gasteiger partial charge is 0.328 e. The minimum Gasteiger partial charge on any atom is -0.461 e. The Labute approximate surface area is 319 Å². The van der Waals surface area contributed by atoms with Gasteiger partial charge in [-0.2, -0.15) is 0 Å². The number of aliphatic hydroxyl groups excluding tert-OH is 1. The van der Waals surface area contributed by atoms with E-state index in [1.165, 1.54) is 21.6 Å². The lowest BCUT2D eigenvalue weighted by Gasteiger charge is -2.39. The molecule has 16 heteroatoms. The van der Waals surface area contributed by atoms with E-state index in [0.29, 0.717) is 30.5 Å². The Morgan fingerprint density at radius 2 is 1.53 bits per heavy atom. The normalized spacial score (nSPS) is 28.3. The summed E-state index contributed by atoms with van der Waals surface area (Å²) >= 11 is 0. The number of hydrogen-bond acceptors (Lipinski definition) is 9. The van der Waals surface area contributed by atoms with Crippen LogP contribution in [0.1, 0.15) is 51.5 Å². The minimum absolute atomic E-state index is 0.0345. The molecule has 0 saturated carbocycles. The van der Waals surface area contributed by atoms with Crippen LogP contribution in [0.3, 0.4) is 0 Å². The summed E-state index contributed by atoms with van der Waals surface area (Å²) in [5.41, 5.74) is 1.19. The van der Waals surface area contributed by atoms with Gasteiger partial charge < -0.3 is 45.8 Å². The standard InChI is InChI=1S/C39H49N7O9/c1-23-17-32-38(53)55-22-29(42-33(48)28(18-25-11-5-3-6-12-25)43-39(54)41-26-13-7-4-8-14-26)36(51)46-21-27(47)19-31(46)37(52)44-16-10-9-15-30(44)34(49)40-24(2)35(50)45(32)20-23/h3-8,11-14,23-24,27-32,47H,9-10,15-22H2,1-2H3,(H,40,49)(H,42,48)(H2,41,43,54)/t23-,24-,27?,28-,29-,30-,31-,32-/m0/s1. The Kier molecular flexibility index (Phi) is 12.3. The predicted octanol–water partition coefficient (Wildman–Crippen LogP) is 0.546. The maximum absolute atomic E-state index is 14.5. The predicted molar refractivity (Wildman–Crippen MR) is 198 cm³/mol. The van der Waals surface area contributed by atoms with Gasteiger partial charge >= 0.3 is 12.0 Å². The second-order valence-corrected chi connectivity index (χ2v) is 14.9. The number of cyclic esters (lactones) is 1. The van der Waals surface area contributed by atoms with Crippen LogP contribution in [-0.2, 0) is 39.9 Å². The number of aliphatic hydroxyl groups is 1. The first-order valence-electron chi connectivity index (χ1n) is 18.9. The number of nitrogens with zero attached hydrogens (tertiary/aromatic N) is 3. The molecule has 55 heavy (non-hydrogen) atoms. The SMILES string of the molecule is C[C@H]1C[C@H]2C(=O)OC[C@H](NC(=O)[C@H](Cc3ccccc3)NC(=O)Nc3ccccc3)C(=O)N3CC(O)C[C@H]3C(=O)N3CCCC[C@H]3C(=O)N[C@@H](C)C(=O)N2C1. The van der Waals surface area contributed by atoms with Gasteiger partial charge in [-0.15, -0.1) is 0 Å². The number of carbonyl (C=O) groups excluding carboxylic acids is 7. The van der Waals surface area contributed by atoms with Crippen molar-refractivity contribution in [1.82, 2.24) is 30.7 Å². The van der Waals surface area contributed by atoms with Crippen molar-refractivity contribution in [3.63, 3.8) is 0 Å². The molecular formula is C39H49N7O9. The summed E-state index contributed by atoms with van der Waals surface area (Å²) in [5, 5.41) is 21.6. The number of piperidine rings is 1. The lowest BCUT2D eigenvalue weighted by Crippen LogP contribution is -2.62. The Morgan fingerprint density at radius 3 is 2.25 bits per heavy atom. The fourth-order valence-electron chi connectivity index (χ4n) is 7.90. The fourth-order valence-corrected chi connectivity index (χ4v) is 7.90. The molecule has 4 heterocycles. The van der Waals surface area contributed by atoms with Crippen molar-refractivity contribution < 1.29 is 43.4 Å². The number of esters is 1. The highest BCUT2D eigenvalue weighted by Gasteiger charge is 2.47. The molecule has 4 aliphatic rings. The fraction of sp³-hybridized carbons (Fsp3) is 0.513. The molecule has 0 aromatic heterocycles. The number of fused-ring (bicyclic) bond motifs is 3. The van der Waals surface area contributed by atoms with Crippen LogP contribution in [0.4, 0.5) is 10.5 Å². The van der Waals surface area contributed by atoms with E-state index in [9.17, 15) is 38.7 Å². The zero-order chi connectivity index (χ0) is 39.2. The molecule has 294 valence electrons. The summed E-state index contributed by atoms with van der Waals surface area (Å²) in [6.45, 7) is 2.97. The lowest BCUT2D eigenvalue weighted by atomic mass is 9.99. The van der Waals surface area contributed by atoms with E-state index in [-0.39, 0.29) is 44.8 Å². The van der Waals surface area contributed by atoms with E-state index >= 15 is 0 Å². The molecule has 4 aliphatic heterocycles. The monoisotopic (exact) mass is 759 g/mol. The van der Waals surface area contributed by atoms with Gasteiger partial charge in [0.15, 0.2) is 0 Å². The minimum atomic E-state index is -1.55.